The molecule has 5 rings (SSSR count). The Balaban J connectivity index is 1.28. The number of amides is 1. The van der Waals surface area contributed by atoms with Crippen LogP contribution < -0.4 is 9.47 Å². The van der Waals surface area contributed by atoms with Gasteiger partial charge in [-0.3, -0.25) is 4.79 Å². The minimum absolute atomic E-state index is 0.0969. The molecule has 28 heavy (non-hydrogen) atoms. The molecule has 1 fully saturated rings. The minimum atomic E-state index is 0.0969. The number of rotatable bonds is 4. The molecule has 1 aromatic heterocycles. The summed E-state index contributed by atoms with van der Waals surface area (Å²) >= 11 is 1.46. The summed E-state index contributed by atoms with van der Waals surface area (Å²) in [5.41, 5.74) is 3.03. The fourth-order valence-electron chi connectivity index (χ4n) is 3.89. The van der Waals surface area contributed by atoms with Crippen LogP contribution in [0.3, 0.4) is 0 Å². The molecule has 2 aliphatic rings. The highest BCUT2D eigenvalue weighted by Crippen LogP contribution is 2.38. The summed E-state index contributed by atoms with van der Waals surface area (Å²) in [5.74, 6) is 2.08. The van der Waals surface area contributed by atoms with Gasteiger partial charge in [0.05, 0.1) is 22.8 Å². The van der Waals surface area contributed by atoms with E-state index in [0.717, 1.165) is 52.6 Å². The molecule has 0 aliphatic carbocycles. The number of carbonyl (C=O) groups excluding carboxylic acids is 1. The minimum Gasteiger partial charge on any atom is -0.486 e. The van der Waals surface area contributed by atoms with E-state index in [2.05, 4.69) is 16.0 Å². The summed E-state index contributed by atoms with van der Waals surface area (Å²) in [7, 11) is 0. The number of hydrogen-bond donors (Lipinski definition) is 1. The highest BCUT2D eigenvalue weighted by Gasteiger charge is 2.30. The van der Waals surface area contributed by atoms with Crippen molar-refractivity contribution in [1.82, 2.24) is 14.9 Å². The molecule has 1 unspecified atom stereocenters. The number of nitrogens with zero attached hydrogens (tertiary/aromatic N) is 2. The van der Waals surface area contributed by atoms with Crippen LogP contribution in [0.4, 0.5) is 0 Å². The number of H-pyrrole nitrogens is 1. The number of thioether (sulfide) groups is 1. The molecule has 1 atom stereocenters. The summed E-state index contributed by atoms with van der Waals surface area (Å²) in [6.45, 7) is 1.94. The standard InChI is InChI=1S/C21H21N3O3S/c25-20(13-28-21-22-15-4-1-2-5-16(15)23-21)24-9-3-6-17(24)14-7-8-18-19(12-14)27-11-10-26-18/h1-2,4-5,7-8,12,17H,3,6,9-11,13H2,(H,22,23). The van der Waals surface area contributed by atoms with Crippen LogP contribution in [0.2, 0.25) is 0 Å². The first kappa shape index (κ1) is 17.4. The molecule has 7 heteroatoms. The molecule has 144 valence electrons. The van der Waals surface area contributed by atoms with Crippen LogP contribution in [-0.2, 0) is 4.79 Å². The van der Waals surface area contributed by atoms with Gasteiger partial charge in [-0.05, 0) is 42.7 Å². The lowest BCUT2D eigenvalue weighted by atomic mass is 10.0. The number of aromatic nitrogens is 2. The monoisotopic (exact) mass is 395 g/mol. The lowest BCUT2D eigenvalue weighted by molar-refractivity contribution is -0.129. The second kappa shape index (κ2) is 7.39. The van der Waals surface area contributed by atoms with Crippen molar-refractivity contribution in [2.24, 2.45) is 0 Å². The van der Waals surface area contributed by atoms with Crippen LogP contribution in [0, 0.1) is 0 Å². The lowest BCUT2D eigenvalue weighted by Crippen LogP contribution is -2.32. The van der Waals surface area contributed by atoms with Gasteiger partial charge in [0, 0.05) is 6.54 Å². The summed E-state index contributed by atoms with van der Waals surface area (Å²) in [4.78, 5) is 22.7. The van der Waals surface area contributed by atoms with Crippen molar-refractivity contribution in [3.05, 3.63) is 48.0 Å². The van der Waals surface area contributed by atoms with Crippen molar-refractivity contribution in [3.63, 3.8) is 0 Å². The third kappa shape index (κ3) is 3.30. The zero-order valence-electron chi connectivity index (χ0n) is 15.4. The third-order valence-electron chi connectivity index (χ3n) is 5.22. The first-order valence-corrected chi connectivity index (χ1v) is 10.5. The second-order valence-electron chi connectivity index (χ2n) is 7.00. The van der Waals surface area contributed by atoms with Crippen LogP contribution in [-0.4, -0.2) is 46.3 Å². The van der Waals surface area contributed by atoms with Crippen molar-refractivity contribution in [2.75, 3.05) is 25.5 Å². The Hall–Kier alpha value is -2.67. The SMILES string of the molecule is O=C(CSc1nc2ccccc2[nH]1)N1CCCC1c1ccc2c(c1)OCCO2. The number of ether oxygens (including phenoxy) is 2. The highest BCUT2D eigenvalue weighted by molar-refractivity contribution is 7.99. The molecule has 3 heterocycles. The number of imidazole rings is 1. The van der Waals surface area contributed by atoms with Crippen LogP contribution in [0.1, 0.15) is 24.4 Å². The number of hydrogen-bond acceptors (Lipinski definition) is 5. The van der Waals surface area contributed by atoms with E-state index in [9.17, 15) is 4.79 Å². The number of likely N-dealkylation sites (tertiary alicyclic amines) is 1. The first-order valence-electron chi connectivity index (χ1n) is 9.54. The van der Waals surface area contributed by atoms with E-state index in [1.165, 1.54) is 11.8 Å². The van der Waals surface area contributed by atoms with Crippen molar-refractivity contribution < 1.29 is 14.3 Å². The van der Waals surface area contributed by atoms with Crippen LogP contribution >= 0.6 is 11.8 Å². The predicted octanol–water partition coefficient (Wildman–Crippen LogP) is 3.79. The Morgan fingerprint density at radius 3 is 2.93 bits per heavy atom. The van der Waals surface area contributed by atoms with Gasteiger partial charge in [-0.1, -0.05) is 30.0 Å². The van der Waals surface area contributed by atoms with Gasteiger partial charge in [-0.15, -0.1) is 0 Å². The molecule has 0 spiro atoms. The molecular weight excluding hydrogens is 374 g/mol. The Kier molecular flexibility index (Phi) is 4.60. The summed E-state index contributed by atoms with van der Waals surface area (Å²) in [5, 5.41) is 0.782. The van der Waals surface area contributed by atoms with E-state index in [1.807, 2.05) is 41.3 Å². The number of nitrogens with one attached hydrogen (secondary N) is 1. The van der Waals surface area contributed by atoms with Gasteiger partial charge in [0.15, 0.2) is 16.7 Å². The molecule has 0 radical (unpaired) electrons. The maximum atomic E-state index is 12.9. The van der Waals surface area contributed by atoms with Gasteiger partial charge in [-0.25, -0.2) is 4.98 Å². The maximum absolute atomic E-state index is 12.9. The van der Waals surface area contributed by atoms with Gasteiger partial charge < -0.3 is 19.4 Å². The first-order chi connectivity index (χ1) is 13.8. The van der Waals surface area contributed by atoms with Crippen molar-refractivity contribution in [1.29, 1.82) is 0 Å². The molecule has 1 amide bonds. The Morgan fingerprint density at radius 1 is 1.18 bits per heavy atom. The number of carbonyl (C=O) groups is 1. The van der Waals surface area contributed by atoms with Gasteiger partial charge in [-0.2, -0.15) is 0 Å². The molecule has 1 saturated heterocycles. The van der Waals surface area contributed by atoms with Gasteiger partial charge in [0.1, 0.15) is 13.2 Å². The Morgan fingerprint density at radius 2 is 2.04 bits per heavy atom. The van der Waals surface area contributed by atoms with E-state index >= 15 is 0 Å². The maximum Gasteiger partial charge on any atom is 0.233 e. The topological polar surface area (TPSA) is 67.5 Å². The fourth-order valence-corrected chi connectivity index (χ4v) is 4.66. The summed E-state index contributed by atoms with van der Waals surface area (Å²) in [6.07, 6.45) is 1.99. The van der Waals surface area contributed by atoms with E-state index in [1.54, 1.807) is 0 Å². The molecule has 3 aromatic rings. The molecule has 0 bridgehead atoms. The van der Waals surface area contributed by atoms with Crippen molar-refractivity contribution in [2.45, 2.75) is 24.0 Å². The number of para-hydroxylation sites is 2. The summed E-state index contributed by atoms with van der Waals surface area (Å²) in [6, 6.07) is 14.0. The average molecular weight is 395 g/mol. The quantitative estimate of drug-likeness (QED) is 0.681. The van der Waals surface area contributed by atoms with E-state index in [4.69, 9.17) is 9.47 Å². The second-order valence-corrected chi connectivity index (χ2v) is 7.96. The molecule has 2 aliphatic heterocycles. The Labute approximate surface area is 167 Å². The van der Waals surface area contributed by atoms with Crippen LogP contribution in [0.5, 0.6) is 11.5 Å². The van der Waals surface area contributed by atoms with Crippen LogP contribution in [0.25, 0.3) is 11.0 Å². The van der Waals surface area contributed by atoms with Gasteiger partial charge in [0.2, 0.25) is 5.91 Å². The van der Waals surface area contributed by atoms with Gasteiger partial charge >= 0.3 is 0 Å². The molecule has 2 aromatic carbocycles. The van der Waals surface area contributed by atoms with Crippen molar-refractivity contribution in [3.8, 4) is 11.5 Å². The smallest absolute Gasteiger partial charge is 0.233 e. The van der Waals surface area contributed by atoms with Crippen LogP contribution in [0.15, 0.2) is 47.6 Å². The zero-order chi connectivity index (χ0) is 18.9. The van der Waals surface area contributed by atoms with E-state index in [0.29, 0.717) is 19.0 Å². The van der Waals surface area contributed by atoms with Gasteiger partial charge in [0.25, 0.3) is 0 Å². The lowest BCUT2D eigenvalue weighted by Gasteiger charge is -2.26. The zero-order valence-corrected chi connectivity index (χ0v) is 16.2. The Bertz CT molecular complexity index is 986. The summed E-state index contributed by atoms with van der Waals surface area (Å²) < 4.78 is 11.3. The van der Waals surface area contributed by atoms with Crippen molar-refractivity contribution >= 4 is 28.7 Å². The number of fused-ring (bicyclic) bond motifs is 2. The molecule has 6 nitrogen and oxygen atoms in total. The molecule has 1 N–H and O–H groups in total. The molecule has 0 saturated carbocycles. The average Bonchev–Trinajstić information content (AvgIpc) is 3.38. The van der Waals surface area contributed by atoms with E-state index in [-0.39, 0.29) is 11.9 Å². The predicted molar refractivity (Wildman–Crippen MR) is 108 cm³/mol. The molecular formula is C21H21N3O3S. The third-order valence-corrected chi connectivity index (χ3v) is 6.08. The number of aromatic amines is 1. The largest absolute Gasteiger partial charge is 0.486 e. The normalized spacial score (nSPS) is 18.6. The fraction of sp³-hybridized carbons (Fsp3) is 0.333. The van der Waals surface area contributed by atoms with E-state index < -0.39 is 0 Å². The number of benzene rings is 2. The highest BCUT2D eigenvalue weighted by atomic mass is 32.2.